The fourth-order valence-corrected chi connectivity index (χ4v) is 2.48. The Morgan fingerprint density at radius 1 is 1.06 bits per heavy atom. The minimum Gasteiger partial charge on any atom is -0.289 e. The highest BCUT2D eigenvalue weighted by atomic mass is 16.1. The van der Waals surface area contributed by atoms with Crippen molar-refractivity contribution in [2.75, 3.05) is 0 Å². The van der Waals surface area contributed by atoms with E-state index in [1.807, 2.05) is 12.1 Å². The Kier molecular flexibility index (Phi) is 4.74. The normalized spacial score (nSPS) is 19.5. The van der Waals surface area contributed by atoms with Gasteiger partial charge in [0.15, 0.2) is 5.78 Å². The number of carbonyl (C=O) groups excluding carboxylic acids is 1. The first-order valence-corrected chi connectivity index (χ1v) is 7.14. The SMILES string of the molecule is CCc1ccc(C(=O)/C2=C/CCCCCC2)cc1. The van der Waals surface area contributed by atoms with Crippen molar-refractivity contribution in [3.05, 3.63) is 47.0 Å². The summed E-state index contributed by atoms with van der Waals surface area (Å²) in [7, 11) is 0. The van der Waals surface area contributed by atoms with E-state index in [1.165, 1.54) is 24.8 Å². The molecule has 1 nitrogen and oxygen atoms in total. The number of rotatable bonds is 3. The monoisotopic (exact) mass is 242 g/mol. The van der Waals surface area contributed by atoms with Gasteiger partial charge in [-0.25, -0.2) is 0 Å². The van der Waals surface area contributed by atoms with Gasteiger partial charge >= 0.3 is 0 Å². The van der Waals surface area contributed by atoms with E-state index in [9.17, 15) is 4.79 Å². The summed E-state index contributed by atoms with van der Waals surface area (Å²) in [5.74, 6) is 0.236. The van der Waals surface area contributed by atoms with Crippen molar-refractivity contribution >= 4 is 5.78 Å². The summed E-state index contributed by atoms with van der Waals surface area (Å²) in [6, 6.07) is 8.08. The zero-order valence-corrected chi connectivity index (χ0v) is 11.2. The van der Waals surface area contributed by atoms with Crippen LogP contribution in [0.1, 0.15) is 61.4 Å². The number of carbonyl (C=O) groups is 1. The first-order valence-electron chi connectivity index (χ1n) is 7.14. The zero-order chi connectivity index (χ0) is 12.8. The van der Waals surface area contributed by atoms with Crippen molar-refractivity contribution < 1.29 is 4.79 Å². The molecule has 2 rings (SSSR count). The molecular weight excluding hydrogens is 220 g/mol. The van der Waals surface area contributed by atoms with Crippen LogP contribution < -0.4 is 0 Å². The summed E-state index contributed by atoms with van der Waals surface area (Å²) < 4.78 is 0. The molecule has 0 radical (unpaired) electrons. The maximum Gasteiger partial charge on any atom is 0.188 e. The highest BCUT2D eigenvalue weighted by Gasteiger charge is 2.12. The molecule has 1 aromatic rings. The van der Waals surface area contributed by atoms with Gasteiger partial charge in [-0.1, -0.05) is 50.1 Å². The van der Waals surface area contributed by atoms with Gasteiger partial charge in [0.25, 0.3) is 0 Å². The Morgan fingerprint density at radius 2 is 1.78 bits per heavy atom. The van der Waals surface area contributed by atoms with Crippen LogP contribution in [0.5, 0.6) is 0 Å². The molecule has 0 saturated carbocycles. The average molecular weight is 242 g/mol. The first kappa shape index (κ1) is 13.1. The molecule has 1 aliphatic carbocycles. The van der Waals surface area contributed by atoms with Gasteiger partial charge in [-0.2, -0.15) is 0 Å². The van der Waals surface area contributed by atoms with Crippen molar-refractivity contribution in [3.63, 3.8) is 0 Å². The Labute approximate surface area is 110 Å². The lowest BCUT2D eigenvalue weighted by atomic mass is 9.93. The van der Waals surface area contributed by atoms with E-state index in [4.69, 9.17) is 0 Å². The molecule has 0 saturated heterocycles. The van der Waals surface area contributed by atoms with Gasteiger partial charge in [0.1, 0.15) is 0 Å². The molecule has 96 valence electrons. The minimum absolute atomic E-state index is 0.236. The molecule has 0 bridgehead atoms. The lowest BCUT2D eigenvalue weighted by molar-refractivity contribution is 0.102. The van der Waals surface area contributed by atoms with Crippen molar-refractivity contribution in [2.45, 2.75) is 51.9 Å². The largest absolute Gasteiger partial charge is 0.289 e. The van der Waals surface area contributed by atoms with E-state index in [0.29, 0.717) is 0 Å². The standard InChI is InChI=1S/C17H22O/c1-2-14-10-12-16(13-11-14)17(18)15-8-6-4-3-5-7-9-15/h8,10-13H,2-7,9H2,1H3/b15-8+. The molecule has 0 amide bonds. The molecule has 1 heteroatoms. The Hall–Kier alpha value is -1.37. The van der Waals surface area contributed by atoms with Crippen LogP contribution in [0.15, 0.2) is 35.9 Å². The zero-order valence-electron chi connectivity index (χ0n) is 11.2. The van der Waals surface area contributed by atoms with E-state index >= 15 is 0 Å². The molecule has 0 N–H and O–H groups in total. The van der Waals surface area contributed by atoms with Crippen LogP contribution in [-0.2, 0) is 6.42 Å². The van der Waals surface area contributed by atoms with Gasteiger partial charge in [-0.15, -0.1) is 0 Å². The summed E-state index contributed by atoms with van der Waals surface area (Å²) in [6.07, 6.45) is 10.2. The quantitative estimate of drug-likeness (QED) is 0.701. The summed E-state index contributed by atoms with van der Waals surface area (Å²) in [6.45, 7) is 2.13. The molecular formula is C17H22O. The van der Waals surface area contributed by atoms with Crippen LogP contribution in [0, 0.1) is 0 Å². The average Bonchev–Trinajstić information content (AvgIpc) is 2.38. The molecule has 0 spiro atoms. The first-order chi connectivity index (χ1) is 8.81. The second-order valence-corrected chi connectivity index (χ2v) is 5.06. The number of allylic oxidation sites excluding steroid dienone is 2. The second kappa shape index (κ2) is 6.53. The van der Waals surface area contributed by atoms with E-state index < -0.39 is 0 Å². The fraction of sp³-hybridized carbons (Fsp3) is 0.471. The Morgan fingerprint density at radius 3 is 2.50 bits per heavy atom. The van der Waals surface area contributed by atoms with Crippen LogP contribution in [0.25, 0.3) is 0 Å². The molecule has 0 atom stereocenters. The molecule has 0 unspecified atom stereocenters. The lowest BCUT2D eigenvalue weighted by Gasteiger charge is -2.10. The topological polar surface area (TPSA) is 17.1 Å². The van der Waals surface area contributed by atoms with E-state index in [1.54, 1.807) is 0 Å². The number of benzene rings is 1. The number of hydrogen-bond donors (Lipinski definition) is 0. The van der Waals surface area contributed by atoms with E-state index in [0.717, 1.165) is 36.8 Å². The highest BCUT2D eigenvalue weighted by Crippen LogP contribution is 2.20. The van der Waals surface area contributed by atoms with E-state index in [-0.39, 0.29) is 5.78 Å². The van der Waals surface area contributed by atoms with Crippen molar-refractivity contribution in [3.8, 4) is 0 Å². The third-order valence-corrected chi connectivity index (χ3v) is 3.71. The van der Waals surface area contributed by atoms with Gasteiger partial charge < -0.3 is 0 Å². The predicted octanol–water partition coefficient (Wildman–Crippen LogP) is 4.71. The number of ketones is 1. The van der Waals surface area contributed by atoms with Crippen LogP contribution in [0.4, 0.5) is 0 Å². The molecule has 18 heavy (non-hydrogen) atoms. The summed E-state index contributed by atoms with van der Waals surface area (Å²) in [4.78, 5) is 12.4. The predicted molar refractivity (Wildman–Crippen MR) is 75.9 cm³/mol. The summed E-state index contributed by atoms with van der Waals surface area (Å²) in [5.41, 5.74) is 3.16. The maximum absolute atomic E-state index is 12.4. The lowest BCUT2D eigenvalue weighted by Crippen LogP contribution is -2.05. The van der Waals surface area contributed by atoms with Gasteiger partial charge in [0, 0.05) is 5.56 Å². The highest BCUT2D eigenvalue weighted by molar-refractivity contribution is 6.08. The van der Waals surface area contributed by atoms with Gasteiger partial charge in [0.05, 0.1) is 0 Å². The van der Waals surface area contributed by atoms with Crippen molar-refractivity contribution in [2.24, 2.45) is 0 Å². The summed E-state index contributed by atoms with van der Waals surface area (Å²) in [5, 5.41) is 0. The van der Waals surface area contributed by atoms with Crippen LogP contribution in [0.3, 0.4) is 0 Å². The van der Waals surface area contributed by atoms with Gasteiger partial charge in [0.2, 0.25) is 0 Å². The number of Topliss-reactive ketones (excluding diaryl/α,β-unsaturated/α-hetero) is 1. The van der Waals surface area contributed by atoms with Crippen LogP contribution >= 0.6 is 0 Å². The van der Waals surface area contributed by atoms with Crippen molar-refractivity contribution in [1.82, 2.24) is 0 Å². The summed E-state index contributed by atoms with van der Waals surface area (Å²) >= 11 is 0. The Balaban J connectivity index is 2.13. The fourth-order valence-electron chi connectivity index (χ4n) is 2.48. The van der Waals surface area contributed by atoms with Gasteiger partial charge in [-0.3, -0.25) is 4.79 Å². The third-order valence-electron chi connectivity index (χ3n) is 3.71. The number of aryl methyl sites for hydroxylation is 1. The second-order valence-electron chi connectivity index (χ2n) is 5.06. The molecule has 0 fully saturated rings. The van der Waals surface area contributed by atoms with Crippen LogP contribution in [-0.4, -0.2) is 5.78 Å². The van der Waals surface area contributed by atoms with Crippen molar-refractivity contribution in [1.29, 1.82) is 0 Å². The minimum atomic E-state index is 0.236. The number of hydrogen-bond acceptors (Lipinski definition) is 1. The molecule has 0 aliphatic heterocycles. The molecule has 0 aromatic heterocycles. The van der Waals surface area contributed by atoms with E-state index in [2.05, 4.69) is 25.1 Å². The van der Waals surface area contributed by atoms with Crippen LogP contribution in [0.2, 0.25) is 0 Å². The maximum atomic E-state index is 12.4. The molecule has 0 heterocycles. The molecule has 1 aromatic carbocycles. The third kappa shape index (κ3) is 3.32. The molecule has 1 aliphatic rings. The Bertz CT molecular complexity index is 425. The van der Waals surface area contributed by atoms with Gasteiger partial charge in [-0.05, 0) is 43.2 Å². The smallest absolute Gasteiger partial charge is 0.188 e.